The first-order chi connectivity index (χ1) is 18.7. The molecule has 3 aromatic heterocycles. The van der Waals surface area contributed by atoms with Crippen LogP contribution in [-0.4, -0.2) is 25.0 Å². The SMILES string of the molecule is Cc1cncc(C(Nc2cc(Cl)c3ncc(C#N)c(Nc4ccc(F)c(Cl)c4)c3c2)c2cn(C(C)C)nn2)c1. The predicted molar refractivity (Wildman–Crippen MR) is 151 cm³/mol. The fourth-order valence-electron chi connectivity index (χ4n) is 4.19. The molecule has 8 nitrogen and oxygen atoms in total. The van der Waals surface area contributed by atoms with Crippen molar-refractivity contribution in [3.63, 3.8) is 0 Å². The Morgan fingerprint density at radius 2 is 1.82 bits per heavy atom. The molecule has 0 aliphatic rings. The van der Waals surface area contributed by atoms with Crippen LogP contribution in [0.3, 0.4) is 0 Å². The van der Waals surface area contributed by atoms with Crippen molar-refractivity contribution in [1.82, 2.24) is 25.0 Å². The molecule has 2 N–H and O–H groups in total. The monoisotopic (exact) mass is 560 g/mol. The Hall–Kier alpha value is -4.26. The Kier molecular flexibility index (Phi) is 7.33. The molecule has 5 aromatic rings. The van der Waals surface area contributed by atoms with Crippen molar-refractivity contribution in [1.29, 1.82) is 5.26 Å². The average molecular weight is 561 g/mol. The van der Waals surface area contributed by atoms with E-state index >= 15 is 0 Å². The molecule has 0 aliphatic heterocycles. The van der Waals surface area contributed by atoms with Crippen LogP contribution in [0.1, 0.15) is 48.3 Å². The van der Waals surface area contributed by atoms with Gasteiger partial charge in [0.05, 0.1) is 39.1 Å². The summed E-state index contributed by atoms with van der Waals surface area (Å²) in [5.74, 6) is -0.539. The van der Waals surface area contributed by atoms with Crippen molar-refractivity contribution >= 4 is 51.2 Å². The maximum Gasteiger partial charge on any atom is 0.141 e. The van der Waals surface area contributed by atoms with E-state index < -0.39 is 11.9 Å². The number of aryl methyl sites for hydroxylation is 1. The standard InChI is InChI=1S/C28H23Cl2FN8/c1-15(2)39-14-25(37-38-39)27(17-6-16(3)11-33-12-17)36-20-7-21-26(35-19-4-5-24(31)22(29)8-19)18(10-32)13-34-28(21)23(30)9-20/h4-9,11-15,27,36H,1-3H3,(H,34,35). The molecule has 0 amide bonds. The van der Waals surface area contributed by atoms with Crippen molar-refractivity contribution in [3.8, 4) is 6.07 Å². The second-order valence-electron chi connectivity index (χ2n) is 9.36. The van der Waals surface area contributed by atoms with Crippen molar-refractivity contribution in [2.45, 2.75) is 32.9 Å². The van der Waals surface area contributed by atoms with Gasteiger partial charge in [0.1, 0.15) is 17.6 Å². The van der Waals surface area contributed by atoms with E-state index in [2.05, 4.69) is 37.0 Å². The lowest BCUT2D eigenvalue weighted by Gasteiger charge is -2.20. The Morgan fingerprint density at radius 3 is 2.51 bits per heavy atom. The molecule has 2 aromatic carbocycles. The number of benzene rings is 2. The molecule has 1 unspecified atom stereocenters. The largest absolute Gasteiger partial charge is 0.373 e. The number of nitriles is 1. The van der Waals surface area contributed by atoms with E-state index in [4.69, 9.17) is 23.2 Å². The van der Waals surface area contributed by atoms with Crippen LogP contribution in [0.25, 0.3) is 10.9 Å². The second kappa shape index (κ2) is 10.8. The van der Waals surface area contributed by atoms with Gasteiger partial charge in [-0.05, 0) is 62.2 Å². The molecule has 0 saturated carbocycles. The highest BCUT2D eigenvalue weighted by molar-refractivity contribution is 6.36. The highest BCUT2D eigenvalue weighted by Crippen LogP contribution is 2.37. The number of pyridine rings is 2. The zero-order valence-corrected chi connectivity index (χ0v) is 22.8. The van der Waals surface area contributed by atoms with Gasteiger partial charge in [-0.2, -0.15) is 5.26 Å². The van der Waals surface area contributed by atoms with Crippen LogP contribution in [-0.2, 0) is 0 Å². The molecule has 0 bridgehead atoms. The second-order valence-corrected chi connectivity index (χ2v) is 10.2. The number of halogens is 3. The summed E-state index contributed by atoms with van der Waals surface area (Å²) in [5.41, 5.74) is 5.02. The van der Waals surface area contributed by atoms with E-state index in [9.17, 15) is 9.65 Å². The van der Waals surface area contributed by atoms with Crippen molar-refractivity contribution in [2.75, 3.05) is 10.6 Å². The molecule has 0 spiro atoms. The highest BCUT2D eigenvalue weighted by atomic mass is 35.5. The van der Waals surface area contributed by atoms with Crippen molar-refractivity contribution in [3.05, 3.63) is 99.4 Å². The number of nitrogens with one attached hydrogen (secondary N) is 2. The maximum absolute atomic E-state index is 13.8. The lowest BCUT2D eigenvalue weighted by atomic mass is 10.0. The quantitative estimate of drug-likeness (QED) is 0.214. The molecule has 5 rings (SSSR count). The van der Waals surface area contributed by atoms with Crippen LogP contribution in [0, 0.1) is 24.1 Å². The fraction of sp³-hybridized carbons (Fsp3) is 0.179. The first-order valence-corrected chi connectivity index (χ1v) is 12.8. The molecule has 39 heavy (non-hydrogen) atoms. The summed E-state index contributed by atoms with van der Waals surface area (Å²) in [4.78, 5) is 8.78. The van der Waals surface area contributed by atoms with Crippen LogP contribution in [0.15, 0.2) is 61.2 Å². The summed E-state index contributed by atoms with van der Waals surface area (Å²) in [6.45, 7) is 6.03. The minimum Gasteiger partial charge on any atom is -0.373 e. The summed E-state index contributed by atoms with van der Waals surface area (Å²) in [6, 6.07) is 11.8. The summed E-state index contributed by atoms with van der Waals surface area (Å²) in [7, 11) is 0. The van der Waals surface area contributed by atoms with Gasteiger partial charge in [-0.1, -0.05) is 34.5 Å². The molecule has 11 heteroatoms. The smallest absolute Gasteiger partial charge is 0.141 e. The number of nitrogens with zero attached hydrogens (tertiary/aromatic N) is 6. The molecule has 196 valence electrons. The molecule has 0 aliphatic carbocycles. The molecule has 0 radical (unpaired) electrons. The Balaban J connectivity index is 1.62. The fourth-order valence-corrected chi connectivity index (χ4v) is 4.64. The zero-order chi connectivity index (χ0) is 27.7. The van der Waals surface area contributed by atoms with E-state index in [1.807, 2.05) is 39.1 Å². The topological polar surface area (TPSA) is 104 Å². The third-order valence-corrected chi connectivity index (χ3v) is 6.71. The Bertz CT molecular complexity index is 1730. The maximum atomic E-state index is 13.8. The number of hydrogen-bond acceptors (Lipinski definition) is 7. The minimum atomic E-state index is -0.539. The van der Waals surface area contributed by atoms with Crippen molar-refractivity contribution in [2.24, 2.45) is 0 Å². The third kappa shape index (κ3) is 5.48. The summed E-state index contributed by atoms with van der Waals surface area (Å²) in [6.07, 6.45) is 6.91. The van der Waals surface area contributed by atoms with Gasteiger partial charge in [-0.15, -0.1) is 5.10 Å². The lowest BCUT2D eigenvalue weighted by molar-refractivity contribution is 0.514. The molecule has 1 atom stereocenters. The van der Waals surface area contributed by atoms with Crippen LogP contribution in [0.5, 0.6) is 0 Å². The molecule has 3 heterocycles. The molecular weight excluding hydrogens is 538 g/mol. The number of fused-ring (bicyclic) bond motifs is 1. The number of hydrogen-bond donors (Lipinski definition) is 2. The number of rotatable bonds is 7. The third-order valence-electron chi connectivity index (χ3n) is 6.13. The first kappa shape index (κ1) is 26.4. The zero-order valence-electron chi connectivity index (χ0n) is 21.2. The van der Waals surface area contributed by atoms with Crippen LogP contribution >= 0.6 is 23.2 Å². The summed E-state index contributed by atoms with van der Waals surface area (Å²) in [5, 5.41) is 26.2. The van der Waals surface area contributed by atoms with E-state index in [0.29, 0.717) is 38.7 Å². The van der Waals surface area contributed by atoms with Crippen LogP contribution < -0.4 is 10.6 Å². The van der Waals surface area contributed by atoms with Gasteiger partial charge in [-0.25, -0.2) is 9.07 Å². The van der Waals surface area contributed by atoms with Gasteiger partial charge in [0.25, 0.3) is 0 Å². The van der Waals surface area contributed by atoms with Gasteiger partial charge >= 0.3 is 0 Å². The Labute approximate surface area is 234 Å². The summed E-state index contributed by atoms with van der Waals surface area (Å²) < 4.78 is 15.5. The normalized spacial score (nSPS) is 11.9. The summed E-state index contributed by atoms with van der Waals surface area (Å²) >= 11 is 12.7. The van der Waals surface area contributed by atoms with E-state index in [1.54, 1.807) is 23.1 Å². The highest BCUT2D eigenvalue weighted by Gasteiger charge is 2.21. The van der Waals surface area contributed by atoms with Crippen molar-refractivity contribution < 1.29 is 4.39 Å². The van der Waals surface area contributed by atoms with E-state index in [-0.39, 0.29) is 16.6 Å². The lowest BCUT2D eigenvalue weighted by Crippen LogP contribution is -2.14. The molecule has 0 fully saturated rings. The Morgan fingerprint density at radius 1 is 1.03 bits per heavy atom. The van der Waals surface area contributed by atoms with Crippen LogP contribution in [0.4, 0.5) is 21.5 Å². The first-order valence-electron chi connectivity index (χ1n) is 12.1. The van der Waals surface area contributed by atoms with Gasteiger partial charge in [-0.3, -0.25) is 9.97 Å². The van der Waals surface area contributed by atoms with Crippen LogP contribution in [0.2, 0.25) is 10.0 Å². The minimum absolute atomic E-state index is 0.0405. The predicted octanol–water partition coefficient (Wildman–Crippen LogP) is 7.37. The van der Waals surface area contributed by atoms with Gasteiger partial charge in [0.2, 0.25) is 0 Å². The van der Waals surface area contributed by atoms with Gasteiger partial charge in [0.15, 0.2) is 0 Å². The number of anilines is 3. The molecule has 0 saturated heterocycles. The van der Waals surface area contributed by atoms with Gasteiger partial charge < -0.3 is 10.6 Å². The van der Waals surface area contributed by atoms with Gasteiger partial charge in [0, 0.05) is 41.4 Å². The molecular formula is C28H23Cl2FN8. The number of aromatic nitrogens is 5. The average Bonchev–Trinajstić information content (AvgIpc) is 3.40. The van der Waals surface area contributed by atoms with E-state index in [0.717, 1.165) is 11.1 Å². The van der Waals surface area contributed by atoms with E-state index in [1.165, 1.54) is 24.4 Å².